The maximum absolute atomic E-state index is 5.44. The summed E-state index contributed by atoms with van der Waals surface area (Å²) in [6.45, 7) is 6.86. The fraction of sp³-hybridized carbons (Fsp3) is 0.688. The van der Waals surface area contributed by atoms with Crippen molar-refractivity contribution in [2.24, 2.45) is 0 Å². The number of aromatic nitrogens is 1. The van der Waals surface area contributed by atoms with Crippen LogP contribution >= 0.6 is 0 Å². The van der Waals surface area contributed by atoms with E-state index >= 15 is 0 Å². The molecule has 0 spiro atoms. The number of pyridine rings is 1. The van der Waals surface area contributed by atoms with E-state index in [0.29, 0.717) is 0 Å². The molecule has 2 heteroatoms. The molecule has 0 unspecified atom stereocenters. The van der Waals surface area contributed by atoms with Crippen molar-refractivity contribution < 1.29 is 4.74 Å². The maximum Gasteiger partial charge on any atom is 0.216 e. The minimum atomic E-state index is 0.200. The lowest BCUT2D eigenvalue weighted by atomic mass is 9.75. The van der Waals surface area contributed by atoms with Crippen LogP contribution < -0.4 is 4.74 Å². The molecule has 1 aromatic rings. The molecule has 102 valence electrons. The van der Waals surface area contributed by atoms with Crippen molar-refractivity contribution in [1.29, 1.82) is 0 Å². The Morgan fingerprint density at radius 3 is 2.28 bits per heavy atom. The van der Waals surface area contributed by atoms with Gasteiger partial charge < -0.3 is 4.74 Å². The highest BCUT2D eigenvalue weighted by Crippen LogP contribution is 2.38. The summed E-state index contributed by atoms with van der Waals surface area (Å²) in [6, 6.07) is 4.20. The zero-order valence-corrected chi connectivity index (χ0v) is 12.3. The number of hydrogen-bond donors (Lipinski definition) is 0. The smallest absolute Gasteiger partial charge is 0.216 e. The van der Waals surface area contributed by atoms with Crippen molar-refractivity contribution in [2.45, 2.75) is 64.7 Å². The normalized spacial score (nSPS) is 11.6. The second-order valence-corrected chi connectivity index (χ2v) is 5.33. The molecule has 1 heterocycles. The molecule has 0 atom stereocenters. The van der Waals surface area contributed by atoms with E-state index in [1.165, 1.54) is 44.1 Å². The zero-order valence-electron chi connectivity index (χ0n) is 12.3. The molecular weight excluding hydrogens is 222 g/mol. The van der Waals surface area contributed by atoms with Gasteiger partial charge in [-0.2, -0.15) is 0 Å². The molecule has 2 nitrogen and oxygen atoms in total. The van der Waals surface area contributed by atoms with Gasteiger partial charge in [-0.15, -0.1) is 0 Å². The first kappa shape index (κ1) is 15.0. The fourth-order valence-electron chi connectivity index (χ4n) is 2.54. The molecule has 0 aliphatic rings. The number of ether oxygens (including phenoxy) is 1. The Morgan fingerprint density at radius 1 is 1.17 bits per heavy atom. The molecular formula is C16H27NO. The second kappa shape index (κ2) is 7.40. The Hall–Kier alpha value is -1.05. The molecule has 1 aromatic heterocycles. The van der Waals surface area contributed by atoms with Crippen LogP contribution in [0.25, 0.3) is 0 Å². The van der Waals surface area contributed by atoms with Crippen LogP contribution in [0.15, 0.2) is 18.3 Å². The number of unbranched alkanes of at least 4 members (excludes halogenated alkanes) is 2. The van der Waals surface area contributed by atoms with Crippen LogP contribution in [-0.4, -0.2) is 12.1 Å². The van der Waals surface area contributed by atoms with Crippen LogP contribution in [0.2, 0.25) is 0 Å². The SMILES string of the molecule is CCCCC(C)(CCCC)c1cccnc1OC. The Morgan fingerprint density at radius 2 is 1.78 bits per heavy atom. The minimum absolute atomic E-state index is 0.200. The van der Waals surface area contributed by atoms with Gasteiger partial charge in [-0.1, -0.05) is 52.5 Å². The summed E-state index contributed by atoms with van der Waals surface area (Å²) in [7, 11) is 1.71. The summed E-state index contributed by atoms with van der Waals surface area (Å²) >= 11 is 0. The van der Waals surface area contributed by atoms with Crippen LogP contribution in [-0.2, 0) is 5.41 Å². The van der Waals surface area contributed by atoms with Crippen molar-refractivity contribution in [3.05, 3.63) is 23.9 Å². The Balaban J connectivity index is 2.99. The van der Waals surface area contributed by atoms with E-state index in [-0.39, 0.29) is 5.41 Å². The van der Waals surface area contributed by atoms with Crippen LogP contribution in [0, 0.1) is 0 Å². The molecule has 0 radical (unpaired) electrons. The monoisotopic (exact) mass is 249 g/mol. The molecule has 0 N–H and O–H groups in total. The van der Waals surface area contributed by atoms with Gasteiger partial charge in [-0.3, -0.25) is 0 Å². The van der Waals surface area contributed by atoms with Gasteiger partial charge >= 0.3 is 0 Å². The van der Waals surface area contributed by atoms with E-state index in [0.717, 1.165) is 5.88 Å². The van der Waals surface area contributed by atoms with E-state index in [2.05, 4.69) is 31.8 Å². The van der Waals surface area contributed by atoms with E-state index in [1.54, 1.807) is 7.11 Å². The van der Waals surface area contributed by atoms with Gasteiger partial charge in [0.1, 0.15) is 0 Å². The average molecular weight is 249 g/mol. The van der Waals surface area contributed by atoms with Gasteiger partial charge in [0.2, 0.25) is 5.88 Å². The number of rotatable bonds is 8. The third-order valence-electron chi connectivity index (χ3n) is 3.78. The first-order valence-electron chi connectivity index (χ1n) is 7.17. The highest BCUT2D eigenvalue weighted by Gasteiger charge is 2.29. The first-order valence-corrected chi connectivity index (χ1v) is 7.17. The molecule has 0 saturated heterocycles. The molecule has 0 aliphatic carbocycles. The third-order valence-corrected chi connectivity index (χ3v) is 3.78. The lowest BCUT2D eigenvalue weighted by molar-refractivity contribution is 0.336. The lowest BCUT2D eigenvalue weighted by Gasteiger charge is -2.31. The van der Waals surface area contributed by atoms with Crippen LogP contribution in [0.1, 0.15) is 64.9 Å². The average Bonchev–Trinajstić information content (AvgIpc) is 2.43. The Bertz CT molecular complexity index is 341. The zero-order chi connectivity index (χ0) is 13.4. The molecule has 0 saturated carbocycles. The molecule has 1 rings (SSSR count). The minimum Gasteiger partial charge on any atom is -0.481 e. The van der Waals surface area contributed by atoms with E-state index < -0.39 is 0 Å². The lowest BCUT2D eigenvalue weighted by Crippen LogP contribution is -2.23. The van der Waals surface area contributed by atoms with Gasteiger partial charge in [-0.05, 0) is 24.3 Å². The number of methoxy groups -OCH3 is 1. The summed E-state index contributed by atoms with van der Waals surface area (Å²) < 4.78 is 5.44. The van der Waals surface area contributed by atoms with Gasteiger partial charge in [0.05, 0.1) is 7.11 Å². The van der Waals surface area contributed by atoms with Gasteiger partial charge in [0, 0.05) is 11.8 Å². The fourth-order valence-corrected chi connectivity index (χ4v) is 2.54. The molecule has 0 amide bonds. The van der Waals surface area contributed by atoms with Crippen molar-refractivity contribution >= 4 is 0 Å². The van der Waals surface area contributed by atoms with Gasteiger partial charge in [-0.25, -0.2) is 4.98 Å². The van der Waals surface area contributed by atoms with Crippen LogP contribution in [0.4, 0.5) is 0 Å². The maximum atomic E-state index is 5.44. The van der Waals surface area contributed by atoms with Crippen molar-refractivity contribution in [3.8, 4) is 5.88 Å². The summed E-state index contributed by atoms with van der Waals surface area (Å²) in [5.41, 5.74) is 1.47. The van der Waals surface area contributed by atoms with Crippen LogP contribution in [0.5, 0.6) is 5.88 Å². The van der Waals surface area contributed by atoms with Gasteiger partial charge in [0.25, 0.3) is 0 Å². The summed E-state index contributed by atoms with van der Waals surface area (Å²) in [5.74, 6) is 0.798. The van der Waals surface area contributed by atoms with Crippen molar-refractivity contribution in [1.82, 2.24) is 4.98 Å². The van der Waals surface area contributed by atoms with Crippen LogP contribution in [0.3, 0.4) is 0 Å². The standard InChI is InChI=1S/C16H27NO/c1-5-7-11-16(3,12-8-6-2)14-10-9-13-17-15(14)18-4/h9-10,13H,5-8,11-12H2,1-4H3. The molecule has 18 heavy (non-hydrogen) atoms. The predicted molar refractivity (Wildman–Crippen MR) is 77.2 cm³/mol. The number of nitrogens with zero attached hydrogens (tertiary/aromatic N) is 1. The largest absolute Gasteiger partial charge is 0.481 e. The molecule has 0 aliphatic heterocycles. The van der Waals surface area contributed by atoms with Gasteiger partial charge in [0.15, 0.2) is 0 Å². The summed E-state index contributed by atoms with van der Waals surface area (Å²) in [5, 5.41) is 0. The third kappa shape index (κ3) is 3.72. The topological polar surface area (TPSA) is 22.1 Å². The summed E-state index contributed by atoms with van der Waals surface area (Å²) in [6.07, 6.45) is 9.24. The molecule has 0 fully saturated rings. The molecule has 0 aromatic carbocycles. The van der Waals surface area contributed by atoms with Crippen molar-refractivity contribution in [2.75, 3.05) is 7.11 Å². The second-order valence-electron chi connectivity index (χ2n) is 5.33. The highest BCUT2D eigenvalue weighted by molar-refractivity contribution is 5.33. The molecule has 0 bridgehead atoms. The highest BCUT2D eigenvalue weighted by atomic mass is 16.5. The first-order chi connectivity index (χ1) is 8.68. The van der Waals surface area contributed by atoms with Crippen molar-refractivity contribution in [3.63, 3.8) is 0 Å². The number of hydrogen-bond acceptors (Lipinski definition) is 2. The van der Waals surface area contributed by atoms with E-state index in [4.69, 9.17) is 4.74 Å². The summed E-state index contributed by atoms with van der Waals surface area (Å²) in [4.78, 5) is 4.36. The van der Waals surface area contributed by atoms with E-state index in [9.17, 15) is 0 Å². The quantitative estimate of drug-likeness (QED) is 0.664. The predicted octanol–water partition coefficient (Wildman–Crippen LogP) is 4.73. The van der Waals surface area contributed by atoms with E-state index in [1.807, 2.05) is 12.3 Å². The Labute approximate surface area is 112 Å². The Kier molecular flexibility index (Phi) is 6.17.